The van der Waals surface area contributed by atoms with Crippen molar-refractivity contribution in [2.45, 2.75) is 73.3 Å². The molecule has 4 N–H and O–H groups in total. The van der Waals surface area contributed by atoms with Crippen LogP contribution >= 0.6 is 0 Å². The highest BCUT2D eigenvalue weighted by molar-refractivity contribution is 7.90. The number of hydrogen-bond donors (Lipinski definition) is 3. The number of rotatable bonds is 6. The quantitative estimate of drug-likeness (QED) is 0.668. The molecule has 0 saturated carbocycles. The van der Waals surface area contributed by atoms with Crippen molar-refractivity contribution in [1.29, 1.82) is 0 Å². The molecule has 0 bridgehead atoms. The van der Waals surface area contributed by atoms with E-state index < -0.39 is 15.6 Å². The van der Waals surface area contributed by atoms with Crippen LogP contribution in [0.15, 0.2) is 0 Å². The van der Waals surface area contributed by atoms with Gasteiger partial charge < -0.3 is 10.2 Å². The molecule has 0 spiro atoms. The van der Waals surface area contributed by atoms with E-state index in [1.54, 1.807) is 0 Å². The molecule has 1 aliphatic rings. The van der Waals surface area contributed by atoms with Crippen molar-refractivity contribution in [2.75, 3.05) is 22.0 Å². The third-order valence-electron chi connectivity index (χ3n) is 5.50. The van der Waals surface area contributed by atoms with E-state index in [-0.39, 0.29) is 5.91 Å². The number of likely N-dealkylation sites (N-methyl/N-ethyl adjacent to an activating group) is 1. The van der Waals surface area contributed by atoms with Crippen LogP contribution in [0.3, 0.4) is 0 Å². The van der Waals surface area contributed by atoms with Crippen LogP contribution in [0.4, 0.5) is 17.1 Å². The Kier molecular flexibility index (Phi) is 6.35. The normalized spacial score (nSPS) is 16.9. The van der Waals surface area contributed by atoms with Crippen LogP contribution in [0.25, 0.3) is 0 Å². The van der Waals surface area contributed by atoms with Crippen LogP contribution in [-0.4, -0.2) is 27.4 Å². The Labute approximate surface area is 169 Å². The molecule has 0 fully saturated rings. The lowest BCUT2D eigenvalue weighted by atomic mass is 9.93. The van der Waals surface area contributed by atoms with E-state index in [0.717, 1.165) is 42.5 Å². The first-order valence-corrected chi connectivity index (χ1v) is 11.3. The first kappa shape index (κ1) is 22.5. The Bertz CT molecular complexity index is 873. The summed E-state index contributed by atoms with van der Waals surface area (Å²) in [6, 6.07) is 0.322. The molecule has 1 atom stereocenters. The molecule has 7 nitrogen and oxygen atoms in total. The summed E-state index contributed by atoms with van der Waals surface area (Å²) in [7, 11) is -1.88. The molecule has 0 saturated heterocycles. The predicted molar refractivity (Wildman–Crippen MR) is 116 cm³/mol. The molecule has 0 aromatic heterocycles. The van der Waals surface area contributed by atoms with Crippen LogP contribution < -0.4 is 20.1 Å². The second-order valence-electron chi connectivity index (χ2n) is 8.79. The smallest absolute Gasteiger partial charge is 0.296 e. The predicted octanol–water partition coefficient (Wildman–Crippen LogP) is 3.45. The lowest BCUT2D eigenvalue weighted by Gasteiger charge is -2.28. The molecule has 1 aromatic carbocycles. The molecule has 28 heavy (non-hydrogen) atoms. The average molecular weight is 411 g/mol. The lowest BCUT2D eigenvalue weighted by Crippen LogP contribution is -2.31. The molecular formula is C20H34N4O3S. The van der Waals surface area contributed by atoms with Gasteiger partial charge in [-0.15, -0.1) is 0 Å². The minimum absolute atomic E-state index is 0.117. The van der Waals surface area contributed by atoms with E-state index in [2.05, 4.69) is 21.9 Å². The fourth-order valence-electron chi connectivity index (χ4n) is 3.74. The monoisotopic (exact) mass is 410 g/mol. The number of unbranched alkanes of at least 4 members (excludes halogenated alkanes) is 1. The summed E-state index contributed by atoms with van der Waals surface area (Å²) >= 11 is 0. The van der Waals surface area contributed by atoms with Gasteiger partial charge in [0.05, 0.1) is 17.1 Å². The molecule has 1 heterocycles. The van der Waals surface area contributed by atoms with E-state index in [1.165, 1.54) is 0 Å². The van der Waals surface area contributed by atoms with E-state index in [9.17, 15) is 13.2 Å². The highest BCUT2D eigenvalue weighted by atomic mass is 32.2. The first-order chi connectivity index (χ1) is 12.8. The van der Waals surface area contributed by atoms with Gasteiger partial charge in [0.1, 0.15) is 0 Å². The third-order valence-corrected chi connectivity index (χ3v) is 5.98. The van der Waals surface area contributed by atoms with Crippen molar-refractivity contribution in [1.82, 2.24) is 0 Å². The Morgan fingerprint density at radius 1 is 1.21 bits per heavy atom. The molecule has 0 radical (unpaired) electrons. The number of nitrogens with zero attached hydrogens (tertiary/aromatic N) is 1. The van der Waals surface area contributed by atoms with Crippen LogP contribution in [0, 0.1) is 19.3 Å². The second-order valence-corrected chi connectivity index (χ2v) is 10.1. The summed E-state index contributed by atoms with van der Waals surface area (Å²) in [5.41, 5.74) is 4.12. The number of fused-ring (bicyclic) bond motifs is 1. The SMILES string of the molecule is CCCCC1Cc2c(C)c(NS(N)(=O)=O)c(C)c(NC(=O)C(C)(C)C)c2N1C. The number of anilines is 3. The van der Waals surface area contributed by atoms with Crippen molar-refractivity contribution in [3.05, 3.63) is 16.7 Å². The topological polar surface area (TPSA) is 105 Å². The van der Waals surface area contributed by atoms with E-state index in [0.29, 0.717) is 23.0 Å². The molecular weight excluding hydrogens is 376 g/mol. The molecule has 1 aliphatic heterocycles. The molecule has 0 aliphatic carbocycles. The highest BCUT2D eigenvalue weighted by Gasteiger charge is 2.34. The van der Waals surface area contributed by atoms with Crippen LogP contribution in [0.5, 0.6) is 0 Å². The number of amides is 1. The summed E-state index contributed by atoms with van der Waals surface area (Å²) in [5, 5.41) is 8.31. The summed E-state index contributed by atoms with van der Waals surface area (Å²) in [6.45, 7) is 11.4. The molecule has 1 aromatic rings. The van der Waals surface area contributed by atoms with Crippen LogP contribution in [0.1, 0.15) is 63.6 Å². The van der Waals surface area contributed by atoms with Crippen molar-refractivity contribution < 1.29 is 13.2 Å². The highest BCUT2D eigenvalue weighted by Crippen LogP contribution is 2.47. The zero-order chi connectivity index (χ0) is 21.4. The van der Waals surface area contributed by atoms with Crippen molar-refractivity contribution in [3.63, 3.8) is 0 Å². The standard InChI is InChI=1S/C20H34N4O3S/c1-8-9-10-14-11-15-12(2)16(23-28(21,26)27)13(3)17(18(15)24(14)7)22-19(25)20(4,5)6/h14,23H,8-11H2,1-7H3,(H,22,25)(H2,21,26,27). The van der Waals surface area contributed by atoms with Crippen molar-refractivity contribution in [3.8, 4) is 0 Å². The van der Waals surface area contributed by atoms with E-state index in [1.807, 2.05) is 41.7 Å². The van der Waals surface area contributed by atoms with Gasteiger partial charge in [0.15, 0.2) is 0 Å². The lowest BCUT2D eigenvalue weighted by molar-refractivity contribution is -0.123. The van der Waals surface area contributed by atoms with Crippen LogP contribution in [-0.2, 0) is 21.4 Å². The third kappa shape index (κ3) is 4.60. The Balaban J connectivity index is 2.64. The van der Waals surface area contributed by atoms with Gasteiger partial charge in [-0.25, -0.2) is 5.14 Å². The Morgan fingerprint density at radius 3 is 2.32 bits per heavy atom. The molecule has 8 heteroatoms. The molecule has 158 valence electrons. The number of nitrogens with two attached hydrogens (primary N) is 1. The van der Waals surface area contributed by atoms with Gasteiger partial charge in [-0.1, -0.05) is 40.5 Å². The fraction of sp³-hybridized carbons (Fsp3) is 0.650. The minimum atomic E-state index is -3.93. The van der Waals surface area contributed by atoms with Crippen LogP contribution in [0.2, 0.25) is 0 Å². The minimum Gasteiger partial charge on any atom is -0.369 e. The van der Waals surface area contributed by atoms with E-state index in [4.69, 9.17) is 5.14 Å². The van der Waals surface area contributed by atoms with Gasteiger partial charge >= 0.3 is 0 Å². The van der Waals surface area contributed by atoms with Gasteiger partial charge in [-0.05, 0) is 43.4 Å². The van der Waals surface area contributed by atoms with Gasteiger partial charge in [-0.3, -0.25) is 9.52 Å². The molecule has 1 unspecified atom stereocenters. The number of benzene rings is 1. The largest absolute Gasteiger partial charge is 0.369 e. The number of carbonyl (C=O) groups is 1. The zero-order valence-electron chi connectivity index (χ0n) is 18.1. The first-order valence-electron chi connectivity index (χ1n) is 9.78. The molecule has 1 amide bonds. The maximum Gasteiger partial charge on any atom is 0.296 e. The maximum absolute atomic E-state index is 12.7. The van der Waals surface area contributed by atoms with Gasteiger partial charge in [0.2, 0.25) is 5.91 Å². The molecule has 2 rings (SSSR count). The number of nitrogens with one attached hydrogen (secondary N) is 2. The van der Waals surface area contributed by atoms with Gasteiger partial charge in [0, 0.05) is 18.5 Å². The van der Waals surface area contributed by atoms with Gasteiger partial charge in [-0.2, -0.15) is 8.42 Å². The average Bonchev–Trinajstić information content (AvgIpc) is 2.88. The number of carbonyl (C=O) groups excluding carboxylic acids is 1. The summed E-state index contributed by atoms with van der Waals surface area (Å²) in [6.07, 6.45) is 4.10. The van der Waals surface area contributed by atoms with Crippen molar-refractivity contribution in [2.24, 2.45) is 10.6 Å². The maximum atomic E-state index is 12.7. The summed E-state index contributed by atoms with van der Waals surface area (Å²) < 4.78 is 25.9. The second kappa shape index (κ2) is 7.91. The van der Waals surface area contributed by atoms with Gasteiger partial charge in [0.25, 0.3) is 10.2 Å². The van der Waals surface area contributed by atoms with Crippen molar-refractivity contribution >= 4 is 33.2 Å². The fourth-order valence-corrected chi connectivity index (χ4v) is 4.33. The summed E-state index contributed by atoms with van der Waals surface area (Å²) in [5.74, 6) is -0.117. The van der Waals surface area contributed by atoms with E-state index >= 15 is 0 Å². The number of hydrogen-bond acceptors (Lipinski definition) is 4. The Hall–Kier alpha value is -1.80. The summed E-state index contributed by atoms with van der Waals surface area (Å²) in [4.78, 5) is 15.0. The Morgan fingerprint density at radius 2 is 1.82 bits per heavy atom. The zero-order valence-corrected chi connectivity index (χ0v) is 18.9.